The molecule has 1 unspecified atom stereocenters. The SMILES string of the molecule is C=CC(NN)c1cc(CC)nn1C. The lowest BCUT2D eigenvalue weighted by Gasteiger charge is -2.10. The summed E-state index contributed by atoms with van der Waals surface area (Å²) in [7, 11) is 1.91. The minimum absolute atomic E-state index is 0.0298. The summed E-state index contributed by atoms with van der Waals surface area (Å²) in [6.45, 7) is 5.78. The van der Waals surface area contributed by atoms with Crippen LogP contribution in [-0.2, 0) is 13.5 Å². The van der Waals surface area contributed by atoms with Gasteiger partial charge in [-0.05, 0) is 12.5 Å². The van der Waals surface area contributed by atoms with E-state index in [2.05, 4.69) is 24.0 Å². The normalized spacial score (nSPS) is 12.8. The minimum Gasteiger partial charge on any atom is -0.271 e. The third kappa shape index (κ3) is 1.96. The number of nitrogens with zero attached hydrogens (tertiary/aromatic N) is 2. The number of hydrazine groups is 1. The van der Waals surface area contributed by atoms with E-state index >= 15 is 0 Å². The van der Waals surface area contributed by atoms with Crippen molar-refractivity contribution < 1.29 is 0 Å². The maximum atomic E-state index is 5.37. The van der Waals surface area contributed by atoms with E-state index in [0.29, 0.717) is 0 Å². The molecular weight excluding hydrogens is 164 g/mol. The van der Waals surface area contributed by atoms with Gasteiger partial charge < -0.3 is 0 Å². The molecule has 0 radical (unpaired) electrons. The molecule has 3 N–H and O–H groups in total. The Bertz CT molecular complexity index is 290. The van der Waals surface area contributed by atoms with Crippen LogP contribution in [0.1, 0.15) is 24.4 Å². The third-order valence-corrected chi connectivity index (χ3v) is 2.06. The summed E-state index contributed by atoms with van der Waals surface area (Å²) < 4.78 is 1.82. The zero-order valence-electron chi connectivity index (χ0n) is 8.12. The van der Waals surface area contributed by atoms with E-state index in [1.54, 1.807) is 6.08 Å². The van der Waals surface area contributed by atoms with Gasteiger partial charge in [0.2, 0.25) is 0 Å². The number of aryl methyl sites for hydroxylation is 2. The minimum atomic E-state index is -0.0298. The van der Waals surface area contributed by atoms with Gasteiger partial charge >= 0.3 is 0 Å². The molecule has 0 spiro atoms. The zero-order valence-corrected chi connectivity index (χ0v) is 8.12. The number of hydrogen-bond acceptors (Lipinski definition) is 3. The summed E-state index contributed by atoms with van der Waals surface area (Å²) in [4.78, 5) is 0. The highest BCUT2D eigenvalue weighted by Crippen LogP contribution is 2.13. The molecule has 1 aromatic heterocycles. The summed E-state index contributed by atoms with van der Waals surface area (Å²) in [5.41, 5.74) is 4.77. The topological polar surface area (TPSA) is 55.9 Å². The van der Waals surface area contributed by atoms with E-state index in [-0.39, 0.29) is 6.04 Å². The fourth-order valence-electron chi connectivity index (χ4n) is 1.28. The lowest BCUT2D eigenvalue weighted by atomic mass is 10.2. The van der Waals surface area contributed by atoms with E-state index in [0.717, 1.165) is 17.8 Å². The summed E-state index contributed by atoms with van der Waals surface area (Å²) >= 11 is 0. The Hall–Kier alpha value is -1.13. The van der Waals surface area contributed by atoms with Gasteiger partial charge in [-0.1, -0.05) is 13.0 Å². The number of rotatable bonds is 4. The van der Waals surface area contributed by atoms with Crippen LogP contribution in [0.4, 0.5) is 0 Å². The summed E-state index contributed by atoms with van der Waals surface area (Å²) in [6.07, 6.45) is 2.69. The first kappa shape index (κ1) is 9.95. The highest BCUT2D eigenvalue weighted by Gasteiger charge is 2.10. The van der Waals surface area contributed by atoms with Crippen molar-refractivity contribution in [2.45, 2.75) is 19.4 Å². The van der Waals surface area contributed by atoms with Gasteiger partial charge in [-0.25, -0.2) is 5.43 Å². The van der Waals surface area contributed by atoms with Crippen molar-refractivity contribution in [1.29, 1.82) is 0 Å². The highest BCUT2D eigenvalue weighted by atomic mass is 15.3. The molecule has 4 nitrogen and oxygen atoms in total. The first-order chi connectivity index (χ1) is 6.22. The monoisotopic (exact) mass is 180 g/mol. The van der Waals surface area contributed by atoms with Crippen molar-refractivity contribution >= 4 is 0 Å². The van der Waals surface area contributed by atoms with Gasteiger partial charge in [0.1, 0.15) is 0 Å². The quantitative estimate of drug-likeness (QED) is 0.407. The van der Waals surface area contributed by atoms with E-state index in [9.17, 15) is 0 Å². The molecule has 1 rings (SSSR count). The summed E-state index contributed by atoms with van der Waals surface area (Å²) in [6, 6.07) is 2.00. The van der Waals surface area contributed by atoms with Crippen molar-refractivity contribution in [2.75, 3.05) is 0 Å². The van der Waals surface area contributed by atoms with E-state index in [4.69, 9.17) is 5.84 Å². The van der Waals surface area contributed by atoms with Crippen LogP contribution in [0, 0.1) is 0 Å². The molecule has 0 fully saturated rings. The fraction of sp³-hybridized carbons (Fsp3) is 0.444. The molecule has 0 saturated carbocycles. The van der Waals surface area contributed by atoms with Gasteiger partial charge in [-0.15, -0.1) is 6.58 Å². The van der Waals surface area contributed by atoms with Crippen LogP contribution in [0.25, 0.3) is 0 Å². The van der Waals surface area contributed by atoms with Crippen LogP contribution in [0.2, 0.25) is 0 Å². The van der Waals surface area contributed by atoms with Gasteiger partial charge in [0.15, 0.2) is 0 Å². The van der Waals surface area contributed by atoms with Gasteiger partial charge in [-0.3, -0.25) is 10.5 Å². The summed E-state index contributed by atoms with van der Waals surface area (Å²) in [5, 5.41) is 4.32. The lowest BCUT2D eigenvalue weighted by molar-refractivity contribution is 0.587. The molecule has 4 heteroatoms. The third-order valence-electron chi connectivity index (χ3n) is 2.06. The second-order valence-electron chi connectivity index (χ2n) is 2.92. The van der Waals surface area contributed by atoms with Crippen LogP contribution < -0.4 is 11.3 Å². The predicted molar refractivity (Wildman–Crippen MR) is 52.8 cm³/mol. The standard InChI is InChI=1S/C9H16N4/c1-4-7-6-9(13(3)12-7)8(5-2)11-10/h5-6,8,11H,2,4,10H2,1,3H3. The van der Waals surface area contributed by atoms with Crippen molar-refractivity contribution in [3.8, 4) is 0 Å². The van der Waals surface area contributed by atoms with E-state index < -0.39 is 0 Å². The lowest BCUT2D eigenvalue weighted by Crippen LogP contribution is -2.27. The molecule has 0 aromatic carbocycles. The fourth-order valence-corrected chi connectivity index (χ4v) is 1.28. The molecule has 0 aliphatic heterocycles. The van der Waals surface area contributed by atoms with Crippen LogP contribution >= 0.6 is 0 Å². The van der Waals surface area contributed by atoms with Crippen LogP contribution in [0.5, 0.6) is 0 Å². The smallest absolute Gasteiger partial charge is 0.0806 e. The largest absolute Gasteiger partial charge is 0.271 e. The second-order valence-corrected chi connectivity index (χ2v) is 2.92. The van der Waals surface area contributed by atoms with Crippen LogP contribution in [0.15, 0.2) is 18.7 Å². The van der Waals surface area contributed by atoms with Crippen molar-refractivity contribution in [2.24, 2.45) is 12.9 Å². The van der Waals surface area contributed by atoms with Gasteiger partial charge in [-0.2, -0.15) is 5.10 Å². The van der Waals surface area contributed by atoms with Gasteiger partial charge in [0, 0.05) is 7.05 Å². The molecular formula is C9H16N4. The molecule has 0 saturated heterocycles. The maximum absolute atomic E-state index is 5.37. The Morgan fingerprint density at radius 1 is 1.85 bits per heavy atom. The maximum Gasteiger partial charge on any atom is 0.0806 e. The molecule has 1 atom stereocenters. The Morgan fingerprint density at radius 3 is 2.92 bits per heavy atom. The molecule has 0 aliphatic carbocycles. The number of nitrogens with two attached hydrogens (primary N) is 1. The molecule has 13 heavy (non-hydrogen) atoms. The predicted octanol–water partition coefficient (Wildman–Crippen LogP) is 0.673. The molecule has 0 aliphatic rings. The van der Waals surface area contributed by atoms with E-state index in [1.165, 1.54) is 0 Å². The van der Waals surface area contributed by atoms with Crippen molar-refractivity contribution in [3.63, 3.8) is 0 Å². The first-order valence-electron chi connectivity index (χ1n) is 4.34. The number of aromatic nitrogens is 2. The van der Waals surface area contributed by atoms with Gasteiger partial charge in [0.25, 0.3) is 0 Å². The zero-order chi connectivity index (χ0) is 9.84. The average Bonchev–Trinajstić information content (AvgIpc) is 2.50. The highest BCUT2D eigenvalue weighted by molar-refractivity contribution is 5.17. The van der Waals surface area contributed by atoms with E-state index in [1.807, 2.05) is 17.8 Å². The van der Waals surface area contributed by atoms with Crippen LogP contribution in [0.3, 0.4) is 0 Å². The molecule has 1 aromatic rings. The second kappa shape index (κ2) is 4.20. The van der Waals surface area contributed by atoms with Crippen LogP contribution in [-0.4, -0.2) is 9.78 Å². The number of nitrogens with one attached hydrogen (secondary N) is 1. The molecule has 1 heterocycles. The molecule has 0 amide bonds. The van der Waals surface area contributed by atoms with Crippen molar-refractivity contribution in [3.05, 3.63) is 30.1 Å². The van der Waals surface area contributed by atoms with Gasteiger partial charge in [0.05, 0.1) is 17.4 Å². The average molecular weight is 180 g/mol. The first-order valence-corrected chi connectivity index (χ1v) is 4.34. The Morgan fingerprint density at radius 2 is 2.54 bits per heavy atom. The Labute approximate surface area is 78.4 Å². The Kier molecular flexibility index (Phi) is 3.22. The summed E-state index contributed by atoms with van der Waals surface area (Å²) in [5.74, 6) is 5.37. The molecule has 0 bridgehead atoms. The molecule has 72 valence electrons. The Balaban J connectivity index is 2.98. The number of hydrogen-bond donors (Lipinski definition) is 2. The van der Waals surface area contributed by atoms with Crippen molar-refractivity contribution in [1.82, 2.24) is 15.2 Å².